The molecule has 0 spiro atoms. The summed E-state index contributed by atoms with van der Waals surface area (Å²) in [4.78, 5) is 11.1. The second-order valence-electron chi connectivity index (χ2n) is 1.54. The summed E-state index contributed by atoms with van der Waals surface area (Å²) < 4.78 is 4.59. The monoisotopic (exact) mass is 176 g/mol. The first-order valence-corrected chi connectivity index (χ1v) is 4.23. The van der Waals surface area contributed by atoms with E-state index in [2.05, 4.69) is 16.1 Å². The van der Waals surface area contributed by atoms with Gasteiger partial charge in [-0.1, -0.05) is 10.8 Å². The molecule has 0 saturated heterocycles. The van der Waals surface area contributed by atoms with Gasteiger partial charge in [-0.25, -0.2) is 0 Å². The van der Waals surface area contributed by atoms with Gasteiger partial charge in [0.15, 0.2) is 5.75 Å². The van der Waals surface area contributed by atoms with Gasteiger partial charge >= 0.3 is 0 Å². The van der Waals surface area contributed by atoms with Crippen LogP contribution in [-0.4, -0.2) is 5.11 Å². The highest BCUT2D eigenvalue weighted by Gasteiger charge is 2.02. The maximum atomic E-state index is 10.8. The third kappa shape index (κ3) is 1.30. The first-order valence-electron chi connectivity index (χ1n) is 2.36. The summed E-state index contributed by atoms with van der Waals surface area (Å²) in [5.41, 5.74) is -0.453. The quantitative estimate of drug-likeness (QED) is 0.500. The summed E-state index contributed by atoms with van der Waals surface area (Å²) in [6, 6.07) is 0. The van der Waals surface area contributed by atoms with Gasteiger partial charge in [0.25, 0.3) is 0 Å². The highest BCUT2D eigenvalue weighted by Crippen LogP contribution is 2.18. The minimum absolute atomic E-state index is 0.281. The van der Waals surface area contributed by atoms with Crippen molar-refractivity contribution in [3.8, 4) is 5.75 Å². The van der Waals surface area contributed by atoms with E-state index in [1.165, 1.54) is 6.26 Å². The predicted molar refractivity (Wildman–Crippen MR) is 41.5 cm³/mol. The zero-order chi connectivity index (χ0) is 7.56. The van der Waals surface area contributed by atoms with Gasteiger partial charge in [0.05, 0.1) is 0 Å². The molecule has 0 aliphatic heterocycles. The van der Waals surface area contributed by atoms with Crippen molar-refractivity contribution in [1.82, 2.24) is 0 Å². The normalized spacial score (nSPS) is 9.70. The van der Waals surface area contributed by atoms with E-state index in [4.69, 9.17) is 5.11 Å². The molecule has 1 rings (SSSR count). The average Bonchev–Trinajstić information content (AvgIpc) is 1.95. The minimum atomic E-state index is -0.453. The molecule has 1 aromatic heterocycles. The number of hydrogen-bond acceptors (Lipinski definition) is 5. The molecule has 0 fully saturated rings. The molecule has 54 valence electrons. The summed E-state index contributed by atoms with van der Waals surface area (Å²) in [6.07, 6.45) is 2.22. The summed E-state index contributed by atoms with van der Waals surface area (Å²) in [7, 11) is 0.938. The molecule has 0 radical (unpaired) electrons. The maximum absolute atomic E-state index is 10.8. The van der Waals surface area contributed by atoms with Crippen molar-refractivity contribution in [3.05, 3.63) is 22.7 Å². The lowest BCUT2D eigenvalue weighted by Crippen LogP contribution is -1.99. The van der Waals surface area contributed by atoms with E-state index in [1.54, 1.807) is 0 Å². The van der Waals surface area contributed by atoms with Crippen molar-refractivity contribution in [2.24, 2.45) is 0 Å². The van der Waals surface area contributed by atoms with Crippen molar-refractivity contribution in [3.63, 3.8) is 0 Å². The predicted octanol–water partition coefficient (Wildman–Crippen LogP) is 1.28. The first-order chi connectivity index (χ1) is 4.75. The smallest absolute Gasteiger partial charge is 0.240 e. The van der Waals surface area contributed by atoms with Crippen molar-refractivity contribution >= 4 is 22.5 Å². The highest BCUT2D eigenvalue weighted by molar-refractivity contribution is 8.68. The minimum Gasteiger partial charge on any atom is -0.502 e. The molecule has 0 aromatic carbocycles. The van der Waals surface area contributed by atoms with Gasteiger partial charge in [-0.05, 0) is 0 Å². The molecular formula is C5H4O3S2. The van der Waals surface area contributed by atoms with E-state index in [0.717, 1.165) is 17.1 Å². The first kappa shape index (κ1) is 7.56. The number of rotatable bonds is 1. The van der Waals surface area contributed by atoms with Gasteiger partial charge in [-0.15, -0.1) is 11.7 Å². The molecule has 1 N–H and O–H groups in total. The zero-order valence-corrected chi connectivity index (χ0v) is 6.48. The second kappa shape index (κ2) is 3.03. The van der Waals surface area contributed by atoms with E-state index in [-0.39, 0.29) is 10.6 Å². The van der Waals surface area contributed by atoms with E-state index in [9.17, 15) is 4.79 Å². The topological polar surface area (TPSA) is 50.4 Å². The summed E-state index contributed by atoms with van der Waals surface area (Å²) >= 11 is 3.77. The Hall–Kier alpha value is -0.550. The molecule has 0 saturated carbocycles. The van der Waals surface area contributed by atoms with Crippen LogP contribution in [-0.2, 0) is 0 Å². The molecule has 5 heteroatoms. The second-order valence-corrected chi connectivity index (χ2v) is 2.71. The van der Waals surface area contributed by atoms with Gasteiger partial charge < -0.3 is 9.52 Å². The van der Waals surface area contributed by atoms with Crippen molar-refractivity contribution in [2.45, 2.75) is 4.90 Å². The van der Waals surface area contributed by atoms with Crippen LogP contribution in [0.3, 0.4) is 0 Å². The molecule has 0 bridgehead atoms. The van der Waals surface area contributed by atoms with E-state index in [1.807, 2.05) is 0 Å². The Balaban J connectivity index is 3.28. The molecule has 1 aromatic rings. The lowest BCUT2D eigenvalue weighted by Gasteiger charge is -1.91. The Morgan fingerprint density at radius 1 is 1.60 bits per heavy atom. The number of hydrogen-bond donors (Lipinski definition) is 2. The van der Waals surface area contributed by atoms with Gasteiger partial charge in [0.1, 0.15) is 17.4 Å². The fourth-order valence-corrected chi connectivity index (χ4v) is 1.12. The van der Waals surface area contributed by atoms with Crippen LogP contribution in [0.4, 0.5) is 0 Å². The van der Waals surface area contributed by atoms with Gasteiger partial charge in [-0.3, -0.25) is 4.79 Å². The van der Waals surface area contributed by atoms with Gasteiger partial charge in [-0.2, -0.15) is 0 Å². The molecule has 0 aliphatic carbocycles. The van der Waals surface area contributed by atoms with Crippen LogP contribution in [0.5, 0.6) is 5.75 Å². The van der Waals surface area contributed by atoms with Crippen LogP contribution in [0.25, 0.3) is 0 Å². The van der Waals surface area contributed by atoms with E-state index >= 15 is 0 Å². The average molecular weight is 176 g/mol. The maximum Gasteiger partial charge on any atom is 0.240 e. The molecule has 1 heterocycles. The summed E-state index contributed by atoms with van der Waals surface area (Å²) in [5, 5.41) is 8.78. The molecule has 0 atom stereocenters. The Morgan fingerprint density at radius 2 is 2.30 bits per heavy atom. The fourth-order valence-electron chi connectivity index (χ4n) is 0.457. The Morgan fingerprint density at radius 3 is 2.80 bits per heavy atom. The van der Waals surface area contributed by atoms with Gasteiger partial charge in [0.2, 0.25) is 5.43 Å². The lowest BCUT2D eigenvalue weighted by molar-refractivity contribution is 0.422. The van der Waals surface area contributed by atoms with Crippen LogP contribution < -0.4 is 5.43 Å². The van der Waals surface area contributed by atoms with Crippen LogP contribution in [0.2, 0.25) is 0 Å². The Labute approximate surface area is 65.9 Å². The standard InChI is InChI=1S/C5H4O3S2/c6-3-1-8-2-4(10-9)5(3)7/h1-2,6,9H. The summed E-state index contributed by atoms with van der Waals surface area (Å²) in [6.45, 7) is 0. The van der Waals surface area contributed by atoms with Crippen molar-refractivity contribution in [1.29, 1.82) is 0 Å². The molecule has 3 nitrogen and oxygen atoms in total. The lowest BCUT2D eigenvalue weighted by atomic mass is 10.5. The largest absolute Gasteiger partial charge is 0.502 e. The molecular weight excluding hydrogens is 172 g/mol. The third-order valence-corrected chi connectivity index (χ3v) is 1.98. The van der Waals surface area contributed by atoms with E-state index < -0.39 is 5.43 Å². The molecule has 10 heavy (non-hydrogen) atoms. The zero-order valence-electron chi connectivity index (χ0n) is 4.77. The van der Waals surface area contributed by atoms with Gasteiger partial charge in [0, 0.05) is 0 Å². The molecule has 0 aliphatic rings. The fraction of sp³-hybridized carbons (Fsp3) is 0. The Bertz CT molecular complexity index is 280. The Kier molecular flexibility index (Phi) is 2.29. The van der Waals surface area contributed by atoms with Crippen LogP contribution >= 0.6 is 22.5 Å². The number of thiol groups is 1. The van der Waals surface area contributed by atoms with Crippen molar-refractivity contribution < 1.29 is 9.52 Å². The molecule has 0 unspecified atom stereocenters. The number of aromatic hydroxyl groups is 1. The van der Waals surface area contributed by atoms with Crippen LogP contribution in [0.15, 0.2) is 26.6 Å². The third-order valence-electron chi connectivity index (χ3n) is 0.910. The highest BCUT2D eigenvalue weighted by atomic mass is 33.1. The molecule has 0 amide bonds. The van der Waals surface area contributed by atoms with E-state index in [0.29, 0.717) is 0 Å². The van der Waals surface area contributed by atoms with Crippen molar-refractivity contribution in [2.75, 3.05) is 0 Å². The summed E-state index contributed by atoms with van der Waals surface area (Å²) in [5.74, 6) is -0.390. The SMILES string of the molecule is O=c1c(O)cocc1SS. The van der Waals surface area contributed by atoms with Crippen LogP contribution in [0.1, 0.15) is 0 Å². The van der Waals surface area contributed by atoms with Crippen LogP contribution in [0, 0.1) is 0 Å².